The lowest BCUT2D eigenvalue weighted by atomic mass is 9.84. The summed E-state index contributed by atoms with van der Waals surface area (Å²) in [7, 11) is 0. The molecule has 0 bridgehead atoms. The molecule has 150 valence electrons. The predicted molar refractivity (Wildman–Crippen MR) is 113 cm³/mol. The summed E-state index contributed by atoms with van der Waals surface area (Å²) in [5.41, 5.74) is 14.1. The summed E-state index contributed by atoms with van der Waals surface area (Å²) >= 11 is 7.53. The van der Waals surface area contributed by atoms with Crippen LogP contribution in [-0.2, 0) is 5.75 Å². The van der Waals surface area contributed by atoms with Crippen molar-refractivity contribution < 1.29 is 9.13 Å². The van der Waals surface area contributed by atoms with Crippen molar-refractivity contribution in [2.24, 2.45) is 5.73 Å². The first-order chi connectivity index (χ1) is 14.5. The third-order valence-corrected chi connectivity index (χ3v) is 5.85. The number of ether oxygens (including phenoxy) is 1. The highest BCUT2D eigenvalue weighted by molar-refractivity contribution is 7.98. The Hall–Kier alpha value is -3.28. The number of anilines is 1. The van der Waals surface area contributed by atoms with E-state index in [1.54, 1.807) is 18.2 Å². The molecule has 1 aliphatic heterocycles. The molecule has 9 heteroatoms. The fraction of sp³-hybridized carbons (Fsp3) is 0.0952. The van der Waals surface area contributed by atoms with Gasteiger partial charge in [0.25, 0.3) is 0 Å². The Morgan fingerprint density at radius 3 is 2.70 bits per heavy atom. The van der Waals surface area contributed by atoms with Crippen molar-refractivity contribution in [2.45, 2.75) is 16.8 Å². The minimum atomic E-state index is -0.725. The molecule has 1 aromatic heterocycles. The van der Waals surface area contributed by atoms with Crippen LogP contribution >= 0.6 is 23.4 Å². The number of aromatic nitrogens is 2. The van der Waals surface area contributed by atoms with Gasteiger partial charge >= 0.3 is 0 Å². The quantitative estimate of drug-likeness (QED) is 0.458. The van der Waals surface area contributed by atoms with Gasteiger partial charge in [0, 0.05) is 10.8 Å². The number of hydrogen-bond acceptors (Lipinski definition) is 7. The van der Waals surface area contributed by atoms with Crippen LogP contribution < -0.4 is 16.2 Å². The van der Waals surface area contributed by atoms with Crippen molar-refractivity contribution in [2.75, 3.05) is 5.73 Å². The molecule has 0 fully saturated rings. The van der Waals surface area contributed by atoms with E-state index in [9.17, 15) is 9.65 Å². The van der Waals surface area contributed by atoms with E-state index >= 15 is 0 Å². The molecule has 6 nitrogen and oxygen atoms in total. The zero-order chi connectivity index (χ0) is 21.3. The van der Waals surface area contributed by atoms with Crippen LogP contribution in [0.3, 0.4) is 0 Å². The average Bonchev–Trinajstić information content (AvgIpc) is 2.72. The molecule has 0 unspecified atom stereocenters. The molecular weight excluding hydrogens is 425 g/mol. The van der Waals surface area contributed by atoms with Gasteiger partial charge in [0.15, 0.2) is 5.16 Å². The van der Waals surface area contributed by atoms with Gasteiger partial charge in [0.1, 0.15) is 23.3 Å². The van der Waals surface area contributed by atoms with Crippen LogP contribution in [0.4, 0.5) is 10.2 Å². The lowest BCUT2D eigenvalue weighted by molar-refractivity contribution is 0.372. The van der Waals surface area contributed by atoms with Crippen molar-refractivity contribution in [3.8, 4) is 11.9 Å². The van der Waals surface area contributed by atoms with Gasteiger partial charge in [-0.15, -0.1) is 0 Å². The molecule has 0 radical (unpaired) electrons. The molecule has 2 aromatic carbocycles. The summed E-state index contributed by atoms with van der Waals surface area (Å²) in [6, 6.07) is 15.4. The normalized spacial score (nSPS) is 15.3. The number of nitriles is 1. The van der Waals surface area contributed by atoms with E-state index in [-0.39, 0.29) is 23.2 Å². The number of halogens is 2. The van der Waals surface area contributed by atoms with Crippen molar-refractivity contribution in [3.63, 3.8) is 0 Å². The number of allylic oxidation sites excluding steroid dienone is 1. The molecule has 0 amide bonds. The number of nitrogens with zero attached hydrogens (tertiary/aromatic N) is 3. The van der Waals surface area contributed by atoms with Crippen molar-refractivity contribution in [3.05, 3.63) is 87.5 Å². The number of fused-ring (bicyclic) bond motifs is 1. The molecule has 0 saturated heterocycles. The number of thioether (sulfide) groups is 1. The van der Waals surface area contributed by atoms with Gasteiger partial charge in [-0.05, 0) is 29.3 Å². The molecule has 1 atom stereocenters. The van der Waals surface area contributed by atoms with Crippen molar-refractivity contribution in [1.29, 1.82) is 5.26 Å². The standard InChI is InChI=1S/C21H15ClFN5OS/c22-15-7-2-1-4-12(15)10-30-21-27-18(25)17-16(11-5-3-6-13(23)8-11)14(9-24)19(26)29-20(17)28-21/h1-8,16H,10,26H2,(H2,25,27,28)/t16-/m1/s1. The Morgan fingerprint density at radius 1 is 1.17 bits per heavy atom. The van der Waals surface area contributed by atoms with Gasteiger partial charge in [-0.1, -0.05) is 53.7 Å². The molecule has 3 aromatic rings. The maximum absolute atomic E-state index is 13.8. The van der Waals surface area contributed by atoms with Crippen LogP contribution in [0.25, 0.3) is 0 Å². The Kier molecular flexibility index (Phi) is 5.48. The Balaban J connectivity index is 1.73. The highest BCUT2D eigenvalue weighted by Gasteiger charge is 2.34. The zero-order valence-electron chi connectivity index (χ0n) is 15.5. The summed E-state index contributed by atoms with van der Waals surface area (Å²) < 4.78 is 19.4. The lowest BCUT2D eigenvalue weighted by Crippen LogP contribution is -2.23. The SMILES string of the molecule is N#CC1=C(N)Oc2nc(SCc3ccccc3Cl)nc(N)c2[C@@H]1c1cccc(F)c1. The smallest absolute Gasteiger partial charge is 0.231 e. The molecule has 4 rings (SSSR count). The second kappa shape index (κ2) is 8.22. The second-order valence-electron chi connectivity index (χ2n) is 6.47. The summed E-state index contributed by atoms with van der Waals surface area (Å²) in [6.07, 6.45) is 0. The molecular formula is C21H15ClFN5OS. The summed E-state index contributed by atoms with van der Waals surface area (Å²) in [6.45, 7) is 0. The van der Waals surface area contributed by atoms with Crippen LogP contribution in [0.1, 0.15) is 22.6 Å². The largest absolute Gasteiger partial charge is 0.422 e. The Bertz CT molecular complexity index is 1210. The van der Waals surface area contributed by atoms with E-state index in [0.29, 0.717) is 27.1 Å². The fourth-order valence-corrected chi connectivity index (χ4v) is 4.33. The van der Waals surface area contributed by atoms with Crippen molar-refractivity contribution >= 4 is 29.2 Å². The van der Waals surface area contributed by atoms with Gasteiger partial charge < -0.3 is 16.2 Å². The highest BCUT2D eigenvalue weighted by atomic mass is 35.5. The third-order valence-electron chi connectivity index (χ3n) is 4.59. The van der Waals surface area contributed by atoms with Crippen LogP contribution in [0.2, 0.25) is 5.02 Å². The third kappa shape index (κ3) is 3.77. The number of rotatable bonds is 4. The highest BCUT2D eigenvalue weighted by Crippen LogP contribution is 2.44. The number of nitrogens with two attached hydrogens (primary N) is 2. The minimum absolute atomic E-state index is 0.0978. The molecule has 0 saturated carbocycles. The van der Waals surface area contributed by atoms with E-state index in [1.165, 1.54) is 23.9 Å². The molecule has 4 N–H and O–H groups in total. The lowest BCUT2D eigenvalue weighted by Gasteiger charge is -2.26. The Morgan fingerprint density at radius 2 is 1.97 bits per heavy atom. The van der Waals surface area contributed by atoms with Crippen molar-refractivity contribution in [1.82, 2.24) is 9.97 Å². The van der Waals surface area contributed by atoms with Gasteiger partial charge in [-0.25, -0.2) is 9.37 Å². The van der Waals surface area contributed by atoms with Gasteiger partial charge in [0.2, 0.25) is 11.8 Å². The first-order valence-electron chi connectivity index (χ1n) is 8.84. The number of hydrogen-bond donors (Lipinski definition) is 2. The maximum atomic E-state index is 13.8. The number of nitrogen functional groups attached to an aromatic ring is 1. The van der Waals surface area contributed by atoms with Gasteiger partial charge in [-0.2, -0.15) is 10.2 Å². The topological polar surface area (TPSA) is 111 Å². The van der Waals surface area contributed by atoms with E-state index in [2.05, 4.69) is 9.97 Å². The molecule has 30 heavy (non-hydrogen) atoms. The first kappa shape index (κ1) is 20.0. The molecule has 0 aliphatic carbocycles. The molecule has 1 aliphatic rings. The van der Waals surface area contributed by atoms with Crippen LogP contribution in [0, 0.1) is 17.1 Å². The van der Waals surface area contributed by atoms with E-state index in [4.69, 9.17) is 27.8 Å². The minimum Gasteiger partial charge on any atom is -0.422 e. The monoisotopic (exact) mass is 439 g/mol. The van der Waals surface area contributed by atoms with E-state index in [1.807, 2.05) is 24.3 Å². The van der Waals surface area contributed by atoms with Gasteiger partial charge in [0.05, 0.1) is 11.5 Å². The molecule has 0 spiro atoms. The van der Waals surface area contributed by atoms with Gasteiger partial charge in [-0.3, -0.25) is 0 Å². The number of benzene rings is 2. The summed E-state index contributed by atoms with van der Waals surface area (Å²) in [5, 5.41) is 10.6. The zero-order valence-corrected chi connectivity index (χ0v) is 17.0. The van der Waals surface area contributed by atoms with E-state index in [0.717, 1.165) is 5.56 Å². The summed E-state index contributed by atoms with van der Waals surface area (Å²) in [4.78, 5) is 8.79. The van der Waals surface area contributed by atoms with Crippen LogP contribution in [0.5, 0.6) is 5.88 Å². The second-order valence-corrected chi connectivity index (χ2v) is 7.82. The first-order valence-corrected chi connectivity index (χ1v) is 10.2. The fourth-order valence-electron chi connectivity index (χ4n) is 3.20. The van der Waals surface area contributed by atoms with E-state index < -0.39 is 11.7 Å². The average molecular weight is 440 g/mol. The predicted octanol–water partition coefficient (Wildman–Crippen LogP) is 4.36. The van der Waals surface area contributed by atoms with Crippen LogP contribution in [-0.4, -0.2) is 9.97 Å². The Labute approximate surface area is 181 Å². The molecule has 2 heterocycles. The summed E-state index contributed by atoms with van der Waals surface area (Å²) in [5.74, 6) is -0.453. The van der Waals surface area contributed by atoms with Crippen LogP contribution in [0.15, 0.2) is 65.1 Å². The maximum Gasteiger partial charge on any atom is 0.231 e.